The molecule has 2 fully saturated rings. The molecule has 0 aliphatic carbocycles. The zero-order chi connectivity index (χ0) is 18.5. The van der Waals surface area contributed by atoms with E-state index in [1.54, 1.807) is 6.92 Å². The molecular weight excluding hydrogens is 331 g/mol. The van der Waals surface area contributed by atoms with Crippen molar-refractivity contribution in [1.29, 1.82) is 0 Å². The molecule has 5 heteroatoms. The lowest BCUT2D eigenvalue weighted by molar-refractivity contribution is -0.133. The predicted molar refractivity (Wildman–Crippen MR) is 99.2 cm³/mol. The monoisotopic (exact) mass is 360 g/mol. The Balaban J connectivity index is 1.46. The number of carbonyl (C=O) groups excluding carboxylic acids is 2. The van der Waals surface area contributed by atoms with Crippen molar-refractivity contribution in [2.24, 2.45) is 5.92 Å². The minimum Gasteiger partial charge on any atom is -0.342 e. The molecule has 1 aromatic carbocycles. The Hall–Kier alpha value is -1.91. The van der Waals surface area contributed by atoms with Crippen molar-refractivity contribution in [2.45, 2.75) is 51.9 Å². The summed E-state index contributed by atoms with van der Waals surface area (Å²) in [6.07, 6.45) is 6.04. The largest absolute Gasteiger partial charge is 0.342 e. The molecule has 2 heterocycles. The molecule has 142 valence electrons. The summed E-state index contributed by atoms with van der Waals surface area (Å²) in [7, 11) is 0. The minimum absolute atomic E-state index is 0.153. The Kier molecular flexibility index (Phi) is 6.28. The maximum atomic E-state index is 13.4. The Morgan fingerprint density at radius 2 is 2.08 bits per heavy atom. The number of aryl methyl sites for hydroxylation is 1. The van der Waals surface area contributed by atoms with Gasteiger partial charge in [0.25, 0.3) is 0 Å². The Bertz CT molecular complexity index is 661. The van der Waals surface area contributed by atoms with Crippen molar-refractivity contribution in [3.63, 3.8) is 0 Å². The lowest BCUT2D eigenvalue weighted by atomic mass is 9.97. The second kappa shape index (κ2) is 8.65. The number of rotatable bonds is 5. The van der Waals surface area contributed by atoms with E-state index in [1.807, 2.05) is 21.9 Å². The zero-order valence-corrected chi connectivity index (χ0v) is 15.7. The Morgan fingerprint density at radius 3 is 2.88 bits per heavy atom. The van der Waals surface area contributed by atoms with Crippen LogP contribution in [-0.4, -0.2) is 47.8 Å². The van der Waals surface area contributed by atoms with E-state index in [2.05, 4.69) is 0 Å². The number of amides is 2. The summed E-state index contributed by atoms with van der Waals surface area (Å²) in [5, 5.41) is 0. The summed E-state index contributed by atoms with van der Waals surface area (Å²) in [6.45, 7) is 4.68. The fourth-order valence-electron chi connectivity index (χ4n) is 4.06. The first-order valence-corrected chi connectivity index (χ1v) is 9.83. The predicted octanol–water partition coefficient (Wildman–Crippen LogP) is 3.32. The summed E-state index contributed by atoms with van der Waals surface area (Å²) >= 11 is 0. The molecule has 0 N–H and O–H groups in total. The highest BCUT2D eigenvalue weighted by molar-refractivity contribution is 5.79. The summed E-state index contributed by atoms with van der Waals surface area (Å²) in [4.78, 5) is 28.3. The molecule has 2 saturated heterocycles. The van der Waals surface area contributed by atoms with Gasteiger partial charge in [-0.2, -0.15) is 0 Å². The van der Waals surface area contributed by atoms with Crippen LogP contribution >= 0.6 is 0 Å². The maximum Gasteiger partial charge on any atom is 0.224 e. The van der Waals surface area contributed by atoms with Gasteiger partial charge in [-0.25, -0.2) is 4.39 Å². The van der Waals surface area contributed by atoms with Gasteiger partial charge in [0, 0.05) is 39.0 Å². The molecule has 0 spiro atoms. The van der Waals surface area contributed by atoms with Gasteiger partial charge < -0.3 is 9.80 Å². The first-order chi connectivity index (χ1) is 12.5. The van der Waals surface area contributed by atoms with E-state index in [1.165, 1.54) is 6.07 Å². The van der Waals surface area contributed by atoms with Gasteiger partial charge in [-0.15, -0.1) is 0 Å². The standard InChI is InChI=1S/C21H29FN2O2/c1-16-13-17(6-7-19(16)22)14-18-8-11-24(15-18)21(26)9-12-23-10-4-2-3-5-20(23)25/h6-7,13,18H,2-5,8-12,14-15H2,1H3. The van der Waals surface area contributed by atoms with Crippen LogP contribution in [0.3, 0.4) is 0 Å². The van der Waals surface area contributed by atoms with E-state index >= 15 is 0 Å². The Morgan fingerprint density at radius 1 is 1.23 bits per heavy atom. The molecule has 1 unspecified atom stereocenters. The van der Waals surface area contributed by atoms with Crippen LogP contribution in [0.25, 0.3) is 0 Å². The second-order valence-corrected chi connectivity index (χ2v) is 7.72. The number of nitrogens with zero attached hydrogens (tertiary/aromatic N) is 2. The molecule has 26 heavy (non-hydrogen) atoms. The molecule has 1 aromatic rings. The van der Waals surface area contributed by atoms with Crippen molar-refractivity contribution in [2.75, 3.05) is 26.2 Å². The molecule has 3 rings (SSSR count). The van der Waals surface area contributed by atoms with Crippen molar-refractivity contribution >= 4 is 11.8 Å². The minimum atomic E-state index is -0.167. The third-order valence-corrected chi connectivity index (χ3v) is 5.65. The smallest absolute Gasteiger partial charge is 0.224 e. The van der Waals surface area contributed by atoms with Gasteiger partial charge in [0.15, 0.2) is 0 Å². The summed E-state index contributed by atoms with van der Waals surface area (Å²) in [5.41, 5.74) is 1.81. The molecule has 4 nitrogen and oxygen atoms in total. The van der Waals surface area contributed by atoms with Gasteiger partial charge in [0.05, 0.1) is 0 Å². The zero-order valence-electron chi connectivity index (χ0n) is 15.7. The number of benzene rings is 1. The van der Waals surface area contributed by atoms with Crippen LogP contribution in [0.5, 0.6) is 0 Å². The van der Waals surface area contributed by atoms with Crippen LogP contribution < -0.4 is 0 Å². The molecule has 1 atom stereocenters. The van der Waals surface area contributed by atoms with E-state index in [0.29, 0.717) is 30.9 Å². The van der Waals surface area contributed by atoms with Gasteiger partial charge >= 0.3 is 0 Å². The van der Waals surface area contributed by atoms with E-state index in [0.717, 1.165) is 57.3 Å². The quantitative estimate of drug-likeness (QED) is 0.808. The van der Waals surface area contributed by atoms with Crippen molar-refractivity contribution in [3.05, 3.63) is 35.1 Å². The topological polar surface area (TPSA) is 40.6 Å². The van der Waals surface area contributed by atoms with Crippen LogP contribution in [0.4, 0.5) is 4.39 Å². The molecular formula is C21H29FN2O2. The van der Waals surface area contributed by atoms with Crippen LogP contribution in [0, 0.1) is 18.7 Å². The van der Waals surface area contributed by atoms with E-state index in [4.69, 9.17) is 0 Å². The molecule has 2 amide bonds. The van der Waals surface area contributed by atoms with Crippen LogP contribution in [0.2, 0.25) is 0 Å². The normalized spacial score (nSPS) is 21.2. The second-order valence-electron chi connectivity index (χ2n) is 7.72. The summed E-state index contributed by atoms with van der Waals surface area (Å²) < 4.78 is 13.4. The van der Waals surface area contributed by atoms with Crippen molar-refractivity contribution < 1.29 is 14.0 Å². The highest BCUT2D eigenvalue weighted by Gasteiger charge is 2.27. The van der Waals surface area contributed by atoms with Crippen molar-refractivity contribution in [1.82, 2.24) is 9.80 Å². The fourth-order valence-corrected chi connectivity index (χ4v) is 4.06. The van der Waals surface area contributed by atoms with Gasteiger partial charge in [-0.1, -0.05) is 18.6 Å². The summed E-state index contributed by atoms with van der Waals surface area (Å²) in [6, 6.07) is 5.28. The van der Waals surface area contributed by atoms with E-state index in [9.17, 15) is 14.0 Å². The maximum absolute atomic E-state index is 13.4. The fraction of sp³-hybridized carbons (Fsp3) is 0.619. The average Bonchev–Trinajstić information content (AvgIpc) is 2.98. The number of halogens is 1. The highest BCUT2D eigenvalue weighted by Crippen LogP contribution is 2.23. The lowest BCUT2D eigenvalue weighted by Crippen LogP contribution is -2.36. The van der Waals surface area contributed by atoms with Gasteiger partial charge in [-0.3, -0.25) is 9.59 Å². The molecule has 0 aromatic heterocycles. The van der Waals surface area contributed by atoms with Crippen LogP contribution in [0.1, 0.15) is 49.7 Å². The SMILES string of the molecule is Cc1cc(CC2CCN(C(=O)CCN3CCCCCC3=O)C2)ccc1F. The first kappa shape index (κ1) is 18.9. The van der Waals surface area contributed by atoms with E-state index < -0.39 is 0 Å². The highest BCUT2D eigenvalue weighted by atomic mass is 19.1. The number of likely N-dealkylation sites (tertiary alicyclic amines) is 2. The molecule has 0 saturated carbocycles. The third-order valence-electron chi connectivity index (χ3n) is 5.65. The van der Waals surface area contributed by atoms with Gasteiger partial charge in [0.1, 0.15) is 5.82 Å². The molecule has 0 bridgehead atoms. The van der Waals surface area contributed by atoms with Gasteiger partial charge in [-0.05, 0) is 55.7 Å². The van der Waals surface area contributed by atoms with Gasteiger partial charge in [0.2, 0.25) is 11.8 Å². The Labute approximate surface area is 155 Å². The first-order valence-electron chi connectivity index (χ1n) is 9.83. The number of hydrogen-bond donors (Lipinski definition) is 0. The number of hydrogen-bond acceptors (Lipinski definition) is 2. The van der Waals surface area contributed by atoms with Crippen molar-refractivity contribution in [3.8, 4) is 0 Å². The molecule has 2 aliphatic rings. The average molecular weight is 360 g/mol. The van der Waals surface area contributed by atoms with E-state index in [-0.39, 0.29) is 17.6 Å². The summed E-state index contributed by atoms with van der Waals surface area (Å²) in [5.74, 6) is 0.616. The molecule has 2 aliphatic heterocycles. The van der Waals surface area contributed by atoms with Crippen LogP contribution in [-0.2, 0) is 16.0 Å². The molecule has 0 radical (unpaired) electrons. The third kappa shape index (κ3) is 4.83. The number of carbonyl (C=O) groups is 2. The lowest BCUT2D eigenvalue weighted by Gasteiger charge is -2.22. The van der Waals surface area contributed by atoms with Crippen LogP contribution in [0.15, 0.2) is 18.2 Å².